The normalized spacial score (nSPS) is 10.6. The Morgan fingerprint density at radius 3 is 2.35 bits per heavy atom. The fraction of sp³-hybridized carbons (Fsp3) is 0.250. The van der Waals surface area contributed by atoms with Crippen molar-refractivity contribution < 1.29 is 9.84 Å². The third-order valence-electron chi connectivity index (χ3n) is 3.03. The quantitative estimate of drug-likeness (QED) is 0.854. The summed E-state index contributed by atoms with van der Waals surface area (Å²) in [6.07, 6.45) is 0. The van der Waals surface area contributed by atoms with Gasteiger partial charge in [0.05, 0.1) is 23.9 Å². The van der Waals surface area contributed by atoms with Crippen LogP contribution in [0.2, 0.25) is 5.02 Å². The molecule has 0 heterocycles. The van der Waals surface area contributed by atoms with Gasteiger partial charge in [-0.15, -0.1) is 0 Å². The number of hydrogen-bond acceptors (Lipinski definition) is 3. The van der Waals surface area contributed by atoms with Crippen molar-refractivity contribution in [1.82, 2.24) is 0 Å². The van der Waals surface area contributed by atoms with Gasteiger partial charge in [0.25, 0.3) is 0 Å². The molecule has 2 aromatic carbocycles. The van der Waals surface area contributed by atoms with Gasteiger partial charge < -0.3 is 15.2 Å². The monoisotopic (exact) mass is 291 g/mol. The standard InChI is InChI=1S/C16H18ClNO2/c1-20-11-13-4-2-12(3-5-13)9-18-16-8-14(10-19)6-7-15(16)17/h2-8,18-19H,9-11H2,1H3. The van der Waals surface area contributed by atoms with E-state index in [0.29, 0.717) is 18.2 Å². The molecule has 20 heavy (non-hydrogen) atoms. The molecule has 0 atom stereocenters. The van der Waals surface area contributed by atoms with Gasteiger partial charge in [-0.2, -0.15) is 0 Å². The Balaban J connectivity index is 2.01. The van der Waals surface area contributed by atoms with Crippen LogP contribution < -0.4 is 5.32 Å². The zero-order chi connectivity index (χ0) is 14.4. The second-order valence-corrected chi connectivity index (χ2v) is 4.98. The number of methoxy groups -OCH3 is 1. The zero-order valence-electron chi connectivity index (χ0n) is 11.4. The lowest BCUT2D eigenvalue weighted by molar-refractivity contribution is 0.185. The first-order chi connectivity index (χ1) is 9.72. The molecule has 0 fully saturated rings. The average molecular weight is 292 g/mol. The number of ether oxygens (including phenoxy) is 1. The molecule has 2 rings (SSSR count). The Labute approximate surface area is 124 Å². The first kappa shape index (κ1) is 14.9. The molecule has 0 aliphatic carbocycles. The van der Waals surface area contributed by atoms with Crippen LogP contribution in [0.25, 0.3) is 0 Å². The van der Waals surface area contributed by atoms with E-state index in [-0.39, 0.29) is 6.61 Å². The largest absolute Gasteiger partial charge is 0.392 e. The summed E-state index contributed by atoms with van der Waals surface area (Å²) in [6, 6.07) is 13.7. The summed E-state index contributed by atoms with van der Waals surface area (Å²) in [6.45, 7) is 1.32. The molecule has 0 bridgehead atoms. The Hall–Kier alpha value is -1.55. The van der Waals surface area contributed by atoms with Gasteiger partial charge in [-0.05, 0) is 28.8 Å². The molecule has 0 aliphatic rings. The van der Waals surface area contributed by atoms with Crippen molar-refractivity contribution >= 4 is 17.3 Å². The van der Waals surface area contributed by atoms with E-state index in [1.54, 1.807) is 13.2 Å². The number of anilines is 1. The number of aliphatic hydroxyl groups excluding tert-OH is 1. The highest BCUT2D eigenvalue weighted by Gasteiger charge is 2.02. The van der Waals surface area contributed by atoms with Gasteiger partial charge in [-0.3, -0.25) is 0 Å². The molecule has 0 saturated carbocycles. The molecule has 3 nitrogen and oxygen atoms in total. The van der Waals surface area contributed by atoms with Gasteiger partial charge in [0.1, 0.15) is 0 Å². The maximum absolute atomic E-state index is 9.14. The maximum Gasteiger partial charge on any atom is 0.0713 e. The fourth-order valence-corrected chi connectivity index (χ4v) is 2.11. The van der Waals surface area contributed by atoms with Gasteiger partial charge in [-0.25, -0.2) is 0 Å². The SMILES string of the molecule is COCc1ccc(CNc2cc(CO)ccc2Cl)cc1. The molecule has 0 saturated heterocycles. The van der Waals surface area contributed by atoms with Crippen LogP contribution in [0, 0.1) is 0 Å². The van der Waals surface area contributed by atoms with Gasteiger partial charge >= 0.3 is 0 Å². The second kappa shape index (κ2) is 7.29. The van der Waals surface area contributed by atoms with E-state index in [1.165, 1.54) is 0 Å². The summed E-state index contributed by atoms with van der Waals surface area (Å²) in [5, 5.41) is 13.1. The first-order valence-corrected chi connectivity index (χ1v) is 6.80. The van der Waals surface area contributed by atoms with Crippen LogP contribution in [0.5, 0.6) is 0 Å². The molecule has 0 aromatic heterocycles. The summed E-state index contributed by atoms with van der Waals surface area (Å²) in [5.74, 6) is 0. The van der Waals surface area contributed by atoms with E-state index in [1.807, 2.05) is 24.3 Å². The lowest BCUT2D eigenvalue weighted by Crippen LogP contribution is -2.01. The Morgan fingerprint density at radius 1 is 1.05 bits per heavy atom. The molecule has 2 N–H and O–H groups in total. The van der Waals surface area contributed by atoms with Gasteiger partial charge in [-0.1, -0.05) is 41.9 Å². The third-order valence-corrected chi connectivity index (χ3v) is 3.36. The van der Waals surface area contributed by atoms with Crippen LogP contribution in [0.15, 0.2) is 42.5 Å². The van der Waals surface area contributed by atoms with Gasteiger partial charge in [0.15, 0.2) is 0 Å². The van der Waals surface area contributed by atoms with Crippen molar-refractivity contribution in [3.8, 4) is 0 Å². The number of benzene rings is 2. The smallest absolute Gasteiger partial charge is 0.0713 e. The van der Waals surface area contributed by atoms with Crippen LogP contribution in [0.4, 0.5) is 5.69 Å². The van der Waals surface area contributed by atoms with Crippen molar-refractivity contribution in [1.29, 1.82) is 0 Å². The van der Waals surface area contributed by atoms with Crippen LogP contribution in [-0.4, -0.2) is 12.2 Å². The number of aliphatic hydroxyl groups is 1. The van der Waals surface area contributed by atoms with E-state index < -0.39 is 0 Å². The van der Waals surface area contributed by atoms with Gasteiger partial charge in [0, 0.05) is 13.7 Å². The average Bonchev–Trinajstić information content (AvgIpc) is 2.48. The Bertz CT molecular complexity index is 555. The summed E-state index contributed by atoms with van der Waals surface area (Å²) in [5.41, 5.74) is 3.98. The summed E-state index contributed by atoms with van der Waals surface area (Å²) in [4.78, 5) is 0. The maximum atomic E-state index is 9.14. The Morgan fingerprint density at radius 2 is 1.70 bits per heavy atom. The predicted octanol–water partition coefficient (Wildman–Crippen LogP) is 3.59. The van der Waals surface area contributed by atoms with E-state index in [2.05, 4.69) is 17.4 Å². The van der Waals surface area contributed by atoms with Crippen molar-refractivity contribution in [3.05, 3.63) is 64.2 Å². The van der Waals surface area contributed by atoms with E-state index in [9.17, 15) is 0 Å². The molecule has 0 radical (unpaired) electrons. The Kier molecular flexibility index (Phi) is 5.41. The van der Waals surface area contributed by atoms with Crippen molar-refractivity contribution in [2.24, 2.45) is 0 Å². The molecule has 2 aromatic rings. The first-order valence-electron chi connectivity index (χ1n) is 6.43. The highest BCUT2D eigenvalue weighted by atomic mass is 35.5. The summed E-state index contributed by atoms with van der Waals surface area (Å²) in [7, 11) is 1.69. The molecule has 0 spiro atoms. The molecule has 106 valence electrons. The minimum Gasteiger partial charge on any atom is -0.392 e. The lowest BCUT2D eigenvalue weighted by Gasteiger charge is -2.10. The number of hydrogen-bond donors (Lipinski definition) is 2. The predicted molar refractivity (Wildman–Crippen MR) is 81.9 cm³/mol. The summed E-state index contributed by atoms with van der Waals surface area (Å²) < 4.78 is 5.08. The van der Waals surface area contributed by atoms with E-state index >= 15 is 0 Å². The van der Waals surface area contributed by atoms with Crippen LogP contribution in [-0.2, 0) is 24.5 Å². The molecular weight excluding hydrogens is 274 g/mol. The van der Waals surface area contributed by atoms with Crippen molar-refractivity contribution in [2.75, 3.05) is 12.4 Å². The van der Waals surface area contributed by atoms with Crippen LogP contribution in [0.3, 0.4) is 0 Å². The summed E-state index contributed by atoms with van der Waals surface area (Å²) >= 11 is 6.13. The topological polar surface area (TPSA) is 41.5 Å². The number of nitrogens with one attached hydrogen (secondary N) is 1. The molecule has 0 amide bonds. The fourth-order valence-electron chi connectivity index (χ4n) is 1.92. The van der Waals surface area contributed by atoms with Crippen molar-refractivity contribution in [2.45, 2.75) is 19.8 Å². The van der Waals surface area contributed by atoms with Crippen LogP contribution >= 0.6 is 11.6 Å². The van der Waals surface area contributed by atoms with Crippen LogP contribution in [0.1, 0.15) is 16.7 Å². The van der Waals surface area contributed by atoms with E-state index in [0.717, 1.165) is 22.4 Å². The van der Waals surface area contributed by atoms with Crippen molar-refractivity contribution in [3.63, 3.8) is 0 Å². The molecular formula is C16H18ClNO2. The molecule has 0 unspecified atom stereocenters. The van der Waals surface area contributed by atoms with Gasteiger partial charge in [0.2, 0.25) is 0 Å². The highest BCUT2D eigenvalue weighted by Crippen LogP contribution is 2.23. The molecule has 4 heteroatoms. The number of rotatable bonds is 6. The minimum absolute atomic E-state index is 0.0115. The zero-order valence-corrected chi connectivity index (χ0v) is 12.2. The highest BCUT2D eigenvalue weighted by molar-refractivity contribution is 6.33. The third kappa shape index (κ3) is 3.97. The second-order valence-electron chi connectivity index (χ2n) is 4.58. The lowest BCUT2D eigenvalue weighted by atomic mass is 10.1. The van der Waals surface area contributed by atoms with E-state index in [4.69, 9.17) is 21.4 Å². The number of halogens is 1. The minimum atomic E-state index is 0.0115. The molecule has 0 aliphatic heterocycles.